The summed E-state index contributed by atoms with van der Waals surface area (Å²) in [6.45, 7) is 0.394. The molecule has 3 rings (SSSR count). The van der Waals surface area contributed by atoms with Crippen molar-refractivity contribution in [2.24, 2.45) is 5.73 Å². The molecule has 19 heavy (non-hydrogen) atoms. The van der Waals surface area contributed by atoms with Crippen LogP contribution in [0.3, 0.4) is 0 Å². The average molecular weight is 339 g/mol. The minimum atomic E-state index is 0.0263. The smallest absolute Gasteiger partial charge is 0.234 e. The lowest BCUT2D eigenvalue weighted by Gasteiger charge is -2.16. The van der Waals surface area contributed by atoms with Crippen LogP contribution in [0.4, 0.5) is 5.69 Å². The number of aromatic amines is 1. The second kappa shape index (κ2) is 4.99. The molecule has 1 aromatic carbocycles. The van der Waals surface area contributed by atoms with Gasteiger partial charge in [0, 0.05) is 17.0 Å². The highest BCUT2D eigenvalue weighted by Gasteiger charge is 2.18. The van der Waals surface area contributed by atoms with E-state index in [1.807, 2.05) is 18.2 Å². The number of halogens is 1. The van der Waals surface area contributed by atoms with E-state index in [4.69, 9.17) is 5.73 Å². The molecule has 0 radical (unpaired) electrons. The quantitative estimate of drug-likeness (QED) is 0.784. The molecule has 0 bridgehead atoms. The first-order chi connectivity index (χ1) is 9.19. The number of fused-ring (bicyclic) bond motifs is 1. The van der Waals surface area contributed by atoms with Crippen LogP contribution in [0.25, 0.3) is 11.3 Å². The van der Waals surface area contributed by atoms with E-state index in [0.29, 0.717) is 12.3 Å². The van der Waals surface area contributed by atoms with Crippen LogP contribution in [0.2, 0.25) is 0 Å². The van der Waals surface area contributed by atoms with Gasteiger partial charge in [0.2, 0.25) is 5.91 Å². The van der Waals surface area contributed by atoms with E-state index in [0.717, 1.165) is 32.0 Å². The van der Waals surface area contributed by atoms with Crippen molar-refractivity contribution in [2.45, 2.75) is 11.4 Å². The molecular formula is C12H11BrN4OS. The number of nitrogens with two attached hydrogens (primary N) is 1. The van der Waals surface area contributed by atoms with Crippen molar-refractivity contribution in [3.05, 3.63) is 28.4 Å². The highest BCUT2D eigenvalue weighted by Crippen LogP contribution is 2.36. The van der Waals surface area contributed by atoms with Crippen LogP contribution >= 0.6 is 27.7 Å². The van der Waals surface area contributed by atoms with Crippen LogP contribution in [-0.2, 0) is 11.3 Å². The van der Waals surface area contributed by atoms with Crippen molar-refractivity contribution in [1.82, 2.24) is 10.2 Å². The number of thioether (sulfide) groups is 1. The number of hydrogen-bond donors (Lipinski definition) is 3. The van der Waals surface area contributed by atoms with E-state index >= 15 is 0 Å². The first-order valence-corrected chi connectivity index (χ1v) is 7.47. The summed E-state index contributed by atoms with van der Waals surface area (Å²) in [5.74, 6) is 0.494. The molecule has 1 aliphatic heterocycles. The number of aromatic nitrogens is 2. The zero-order valence-corrected chi connectivity index (χ0v) is 12.3. The summed E-state index contributed by atoms with van der Waals surface area (Å²) >= 11 is 5.03. The van der Waals surface area contributed by atoms with E-state index < -0.39 is 0 Å². The molecule has 1 aliphatic rings. The van der Waals surface area contributed by atoms with E-state index in [-0.39, 0.29) is 5.91 Å². The molecule has 2 heterocycles. The average Bonchev–Trinajstić information content (AvgIpc) is 2.79. The van der Waals surface area contributed by atoms with Gasteiger partial charge in [0.1, 0.15) is 5.69 Å². The molecule has 0 saturated carbocycles. The Labute approximate surface area is 122 Å². The Morgan fingerprint density at radius 1 is 1.47 bits per heavy atom. The molecule has 5 nitrogen and oxygen atoms in total. The van der Waals surface area contributed by atoms with Gasteiger partial charge in [-0.05, 0) is 28.1 Å². The van der Waals surface area contributed by atoms with Gasteiger partial charge in [-0.1, -0.05) is 6.07 Å². The molecule has 1 aromatic heterocycles. The SMILES string of the molecule is NCc1[nH]nc(-c2ccc3c(c2)NC(=O)CS3)c1Br. The molecule has 7 heteroatoms. The summed E-state index contributed by atoms with van der Waals surface area (Å²) < 4.78 is 0.865. The maximum atomic E-state index is 11.4. The third-order valence-electron chi connectivity index (χ3n) is 2.87. The van der Waals surface area contributed by atoms with Crippen LogP contribution in [0.1, 0.15) is 5.69 Å². The van der Waals surface area contributed by atoms with Gasteiger partial charge in [0.25, 0.3) is 0 Å². The minimum absolute atomic E-state index is 0.0263. The number of carbonyl (C=O) groups is 1. The third kappa shape index (κ3) is 2.29. The van der Waals surface area contributed by atoms with Crippen LogP contribution in [0.5, 0.6) is 0 Å². The first kappa shape index (κ1) is 12.7. The third-order valence-corrected chi connectivity index (χ3v) is 4.79. The van der Waals surface area contributed by atoms with E-state index in [1.165, 1.54) is 0 Å². The Kier molecular flexibility index (Phi) is 3.34. The number of rotatable bonds is 2. The summed E-state index contributed by atoms with van der Waals surface area (Å²) in [5.41, 5.74) is 9.03. The molecule has 0 fully saturated rings. The van der Waals surface area contributed by atoms with Crippen LogP contribution < -0.4 is 11.1 Å². The predicted octanol–water partition coefficient (Wildman–Crippen LogP) is 2.34. The Hall–Kier alpha value is -1.31. The van der Waals surface area contributed by atoms with Crippen molar-refractivity contribution in [3.8, 4) is 11.3 Å². The van der Waals surface area contributed by atoms with Crippen molar-refractivity contribution in [3.63, 3.8) is 0 Å². The summed E-state index contributed by atoms with van der Waals surface area (Å²) in [6.07, 6.45) is 0. The van der Waals surface area contributed by atoms with E-state index in [9.17, 15) is 4.79 Å². The number of benzene rings is 1. The predicted molar refractivity (Wildman–Crippen MR) is 79.0 cm³/mol. The zero-order chi connectivity index (χ0) is 13.4. The molecule has 0 unspecified atom stereocenters. The molecule has 1 amide bonds. The highest BCUT2D eigenvalue weighted by atomic mass is 79.9. The molecule has 4 N–H and O–H groups in total. The van der Waals surface area contributed by atoms with Gasteiger partial charge in [-0.15, -0.1) is 11.8 Å². The number of hydrogen-bond acceptors (Lipinski definition) is 4. The maximum Gasteiger partial charge on any atom is 0.234 e. The second-order valence-electron chi connectivity index (χ2n) is 4.12. The standard InChI is InChI=1S/C12H11BrN4OS/c13-11-8(4-14)16-17-12(11)6-1-2-9-7(3-6)15-10(18)5-19-9/h1-3H,4-5,14H2,(H,15,18)(H,16,17). The normalized spacial score (nSPS) is 14.1. The molecule has 0 aliphatic carbocycles. The van der Waals surface area contributed by atoms with Crippen LogP contribution in [-0.4, -0.2) is 21.9 Å². The number of carbonyl (C=O) groups excluding carboxylic acids is 1. The molecule has 98 valence electrons. The lowest BCUT2D eigenvalue weighted by Crippen LogP contribution is -2.18. The summed E-state index contributed by atoms with van der Waals surface area (Å²) in [6, 6.07) is 5.92. The minimum Gasteiger partial charge on any atom is -0.325 e. The molecule has 0 saturated heterocycles. The summed E-state index contributed by atoms with van der Waals surface area (Å²) in [4.78, 5) is 12.5. The Morgan fingerprint density at radius 2 is 2.32 bits per heavy atom. The number of anilines is 1. The fraction of sp³-hybridized carbons (Fsp3) is 0.167. The summed E-state index contributed by atoms with van der Waals surface area (Å²) in [5, 5.41) is 10.0. The van der Waals surface area contributed by atoms with Crippen molar-refractivity contribution < 1.29 is 4.79 Å². The highest BCUT2D eigenvalue weighted by molar-refractivity contribution is 9.10. The van der Waals surface area contributed by atoms with Gasteiger partial charge < -0.3 is 11.1 Å². The van der Waals surface area contributed by atoms with Crippen molar-refractivity contribution >= 4 is 39.3 Å². The van der Waals surface area contributed by atoms with Crippen molar-refractivity contribution in [2.75, 3.05) is 11.1 Å². The number of nitrogens with zero attached hydrogens (tertiary/aromatic N) is 1. The summed E-state index contributed by atoms with van der Waals surface area (Å²) in [7, 11) is 0. The Balaban J connectivity index is 2.04. The van der Waals surface area contributed by atoms with Crippen LogP contribution in [0, 0.1) is 0 Å². The first-order valence-electron chi connectivity index (χ1n) is 5.69. The fourth-order valence-electron chi connectivity index (χ4n) is 1.92. The largest absolute Gasteiger partial charge is 0.325 e. The molecular weight excluding hydrogens is 328 g/mol. The van der Waals surface area contributed by atoms with Gasteiger partial charge in [0.15, 0.2) is 0 Å². The lowest BCUT2D eigenvalue weighted by molar-refractivity contribution is -0.113. The van der Waals surface area contributed by atoms with Crippen LogP contribution in [0.15, 0.2) is 27.6 Å². The van der Waals surface area contributed by atoms with Gasteiger partial charge in [-0.25, -0.2) is 0 Å². The maximum absolute atomic E-state index is 11.4. The van der Waals surface area contributed by atoms with E-state index in [2.05, 4.69) is 31.4 Å². The van der Waals surface area contributed by atoms with Gasteiger partial charge in [0.05, 0.1) is 21.6 Å². The molecule has 2 aromatic rings. The second-order valence-corrected chi connectivity index (χ2v) is 5.93. The van der Waals surface area contributed by atoms with Gasteiger partial charge >= 0.3 is 0 Å². The Bertz CT molecular complexity index is 655. The lowest BCUT2D eigenvalue weighted by atomic mass is 10.1. The number of amides is 1. The molecule has 0 spiro atoms. The van der Waals surface area contributed by atoms with Gasteiger partial charge in [-0.2, -0.15) is 5.10 Å². The Morgan fingerprint density at radius 3 is 3.05 bits per heavy atom. The monoisotopic (exact) mass is 338 g/mol. The van der Waals surface area contributed by atoms with Crippen molar-refractivity contribution in [1.29, 1.82) is 0 Å². The zero-order valence-electron chi connectivity index (χ0n) is 9.87. The molecule has 0 atom stereocenters. The number of H-pyrrole nitrogens is 1. The fourth-order valence-corrected chi connectivity index (χ4v) is 3.28. The number of nitrogens with one attached hydrogen (secondary N) is 2. The van der Waals surface area contributed by atoms with E-state index in [1.54, 1.807) is 11.8 Å². The van der Waals surface area contributed by atoms with Gasteiger partial charge in [-0.3, -0.25) is 9.89 Å². The topological polar surface area (TPSA) is 83.8 Å².